The third kappa shape index (κ3) is 3.65. The first-order valence-corrected chi connectivity index (χ1v) is 9.96. The minimum atomic E-state index is -0.381. The van der Waals surface area contributed by atoms with Crippen molar-refractivity contribution in [3.05, 3.63) is 99.6 Å². The van der Waals surface area contributed by atoms with Crippen LogP contribution in [0.1, 0.15) is 16.7 Å². The largest absolute Gasteiger partial charge is 0.268 e. The van der Waals surface area contributed by atoms with Crippen LogP contribution in [0.5, 0.6) is 0 Å². The predicted octanol–water partition coefficient (Wildman–Crippen LogP) is 5.00. The van der Waals surface area contributed by atoms with E-state index in [4.69, 9.17) is 0 Å². The van der Waals surface area contributed by atoms with Crippen LogP contribution in [-0.2, 0) is 5.75 Å². The van der Waals surface area contributed by atoms with Gasteiger partial charge >= 0.3 is 0 Å². The van der Waals surface area contributed by atoms with Gasteiger partial charge in [-0.25, -0.2) is 9.37 Å². The van der Waals surface area contributed by atoms with Crippen molar-refractivity contribution < 1.29 is 4.39 Å². The first kappa shape index (κ1) is 18.9. The monoisotopic (exact) mass is 401 g/mol. The molecular formula is C23H16FN3OS. The van der Waals surface area contributed by atoms with Crippen LogP contribution >= 0.6 is 11.8 Å². The van der Waals surface area contributed by atoms with Crippen LogP contribution in [0, 0.1) is 24.1 Å². The molecule has 0 saturated carbocycles. The highest BCUT2D eigenvalue weighted by atomic mass is 32.2. The summed E-state index contributed by atoms with van der Waals surface area (Å²) in [5.74, 6) is 0.0800. The normalized spacial score (nSPS) is 10.8. The minimum Gasteiger partial charge on any atom is -0.268 e. The molecule has 142 valence electrons. The molecule has 0 aliphatic heterocycles. The van der Waals surface area contributed by atoms with Gasteiger partial charge in [0.2, 0.25) is 0 Å². The van der Waals surface area contributed by atoms with Crippen molar-refractivity contribution in [2.24, 2.45) is 0 Å². The number of benzene rings is 3. The molecule has 0 bridgehead atoms. The average molecular weight is 401 g/mol. The molecule has 6 heteroatoms. The molecule has 4 aromatic rings. The van der Waals surface area contributed by atoms with Crippen LogP contribution in [-0.4, -0.2) is 9.55 Å². The van der Waals surface area contributed by atoms with Gasteiger partial charge in [0.25, 0.3) is 5.56 Å². The Labute approximate surface area is 171 Å². The van der Waals surface area contributed by atoms with E-state index in [-0.39, 0.29) is 11.4 Å². The van der Waals surface area contributed by atoms with E-state index in [1.807, 2.05) is 24.3 Å². The molecule has 0 saturated heterocycles. The highest BCUT2D eigenvalue weighted by Crippen LogP contribution is 2.26. The predicted molar refractivity (Wildman–Crippen MR) is 113 cm³/mol. The Balaban J connectivity index is 1.86. The second-order valence-corrected chi connectivity index (χ2v) is 7.49. The first-order valence-electron chi connectivity index (χ1n) is 8.97. The van der Waals surface area contributed by atoms with Crippen molar-refractivity contribution in [1.29, 1.82) is 5.26 Å². The fourth-order valence-electron chi connectivity index (χ4n) is 3.06. The van der Waals surface area contributed by atoms with E-state index in [1.165, 1.54) is 22.4 Å². The molecular weight excluding hydrogens is 385 g/mol. The van der Waals surface area contributed by atoms with E-state index in [0.29, 0.717) is 38.6 Å². The quantitative estimate of drug-likeness (QED) is 0.357. The van der Waals surface area contributed by atoms with Gasteiger partial charge in [0, 0.05) is 5.75 Å². The van der Waals surface area contributed by atoms with Crippen LogP contribution in [0.4, 0.5) is 4.39 Å². The maximum atomic E-state index is 14.2. The first-order chi connectivity index (χ1) is 14.1. The van der Waals surface area contributed by atoms with Crippen LogP contribution in [0.3, 0.4) is 0 Å². The Morgan fingerprint density at radius 1 is 1.10 bits per heavy atom. The maximum absolute atomic E-state index is 14.2. The van der Waals surface area contributed by atoms with Gasteiger partial charge in [-0.15, -0.1) is 0 Å². The van der Waals surface area contributed by atoms with Gasteiger partial charge in [-0.1, -0.05) is 48.2 Å². The lowest BCUT2D eigenvalue weighted by molar-refractivity contribution is 0.615. The van der Waals surface area contributed by atoms with Crippen LogP contribution in [0.25, 0.3) is 16.6 Å². The summed E-state index contributed by atoms with van der Waals surface area (Å²) >= 11 is 1.34. The molecule has 1 aromatic heterocycles. The summed E-state index contributed by atoms with van der Waals surface area (Å²) in [5.41, 5.74) is 2.69. The number of para-hydroxylation sites is 1. The van der Waals surface area contributed by atoms with Crippen molar-refractivity contribution in [2.75, 3.05) is 0 Å². The van der Waals surface area contributed by atoms with Crippen molar-refractivity contribution in [3.63, 3.8) is 0 Å². The fourth-order valence-corrected chi connectivity index (χ4v) is 4.07. The summed E-state index contributed by atoms with van der Waals surface area (Å²) in [4.78, 5) is 17.9. The van der Waals surface area contributed by atoms with Crippen molar-refractivity contribution >= 4 is 22.7 Å². The number of hydrogen-bond donors (Lipinski definition) is 0. The van der Waals surface area contributed by atoms with Crippen LogP contribution in [0.15, 0.2) is 76.7 Å². The molecule has 1 heterocycles. The number of halogens is 1. The summed E-state index contributed by atoms with van der Waals surface area (Å²) in [6.07, 6.45) is 0. The Morgan fingerprint density at radius 2 is 1.86 bits per heavy atom. The molecule has 29 heavy (non-hydrogen) atoms. The topological polar surface area (TPSA) is 58.7 Å². The summed E-state index contributed by atoms with van der Waals surface area (Å²) in [6, 6.07) is 21.3. The van der Waals surface area contributed by atoms with E-state index >= 15 is 0 Å². The lowest BCUT2D eigenvalue weighted by Gasteiger charge is -2.14. The average Bonchev–Trinajstić information content (AvgIpc) is 2.74. The molecule has 0 aliphatic carbocycles. The third-order valence-electron chi connectivity index (χ3n) is 4.65. The van der Waals surface area contributed by atoms with Gasteiger partial charge < -0.3 is 0 Å². The highest BCUT2D eigenvalue weighted by Gasteiger charge is 2.15. The number of rotatable bonds is 4. The Bertz CT molecular complexity index is 1320. The van der Waals surface area contributed by atoms with E-state index in [0.717, 1.165) is 5.56 Å². The maximum Gasteiger partial charge on any atom is 0.266 e. The Morgan fingerprint density at radius 3 is 2.66 bits per heavy atom. The van der Waals surface area contributed by atoms with E-state index < -0.39 is 0 Å². The van der Waals surface area contributed by atoms with E-state index in [1.54, 1.807) is 43.3 Å². The summed E-state index contributed by atoms with van der Waals surface area (Å²) in [7, 11) is 0. The Kier molecular flexibility index (Phi) is 5.15. The Hall–Kier alpha value is -3.43. The molecule has 0 fully saturated rings. The summed E-state index contributed by atoms with van der Waals surface area (Å²) in [6.45, 7) is 1.68. The van der Waals surface area contributed by atoms with Gasteiger partial charge in [-0.05, 0) is 48.4 Å². The van der Waals surface area contributed by atoms with Crippen LogP contribution < -0.4 is 5.56 Å². The number of aryl methyl sites for hydroxylation is 1. The zero-order valence-corrected chi connectivity index (χ0v) is 16.4. The number of nitrogens with zero attached hydrogens (tertiary/aromatic N) is 3. The molecule has 0 radical (unpaired) electrons. The second kappa shape index (κ2) is 7.90. The van der Waals surface area contributed by atoms with Gasteiger partial charge in [-0.2, -0.15) is 5.26 Å². The molecule has 3 aromatic carbocycles. The summed E-state index contributed by atoms with van der Waals surface area (Å²) in [5, 5.41) is 10.2. The number of fused-ring (bicyclic) bond motifs is 1. The lowest BCUT2D eigenvalue weighted by Crippen LogP contribution is -2.22. The highest BCUT2D eigenvalue weighted by molar-refractivity contribution is 7.98. The molecule has 0 aliphatic rings. The van der Waals surface area contributed by atoms with Gasteiger partial charge in [0.1, 0.15) is 5.82 Å². The standard InChI is InChI=1S/C23H16FN3OS/c1-15-10-11-18(12-20(15)24)27-22(28)19-8-4-5-9-21(19)26-23(27)29-14-17-7-3-2-6-16(17)13-25/h2-12H,14H2,1H3. The van der Waals surface area contributed by atoms with Crippen molar-refractivity contribution in [3.8, 4) is 11.8 Å². The molecule has 0 unspecified atom stereocenters. The van der Waals surface area contributed by atoms with Gasteiger partial charge in [0.15, 0.2) is 5.16 Å². The molecule has 0 spiro atoms. The lowest BCUT2D eigenvalue weighted by atomic mass is 10.1. The zero-order valence-electron chi connectivity index (χ0n) is 15.6. The van der Waals surface area contributed by atoms with Gasteiger partial charge in [-0.3, -0.25) is 9.36 Å². The number of hydrogen-bond acceptors (Lipinski definition) is 4. The smallest absolute Gasteiger partial charge is 0.266 e. The SMILES string of the molecule is Cc1ccc(-n2c(SCc3ccccc3C#N)nc3ccccc3c2=O)cc1F. The zero-order chi connectivity index (χ0) is 20.4. The molecule has 0 N–H and O–H groups in total. The summed E-state index contributed by atoms with van der Waals surface area (Å²) < 4.78 is 15.6. The molecule has 4 rings (SSSR count). The molecule has 4 nitrogen and oxygen atoms in total. The number of aromatic nitrogens is 2. The fraction of sp³-hybridized carbons (Fsp3) is 0.0870. The molecule has 0 atom stereocenters. The van der Waals surface area contributed by atoms with E-state index in [9.17, 15) is 14.4 Å². The van der Waals surface area contributed by atoms with Crippen LogP contribution in [0.2, 0.25) is 0 Å². The van der Waals surface area contributed by atoms with Gasteiger partial charge in [0.05, 0.1) is 28.2 Å². The minimum absolute atomic E-state index is 0.255. The third-order valence-corrected chi connectivity index (χ3v) is 5.64. The number of thioether (sulfide) groups is 1. The van der Waals surface area contributed by atoms with Crippen molar-refractivity contribution in [2.45, 2.75) is 17.8 Å². The molecule has 0 amide bonds. The number of nitriles is 1. The van der Waals surface area contributed by atoms with E-state index in [2.05, 4.69) is 11.1 Å². The second-order valence-electron chi connectivity index (χ2n) is 6.54. The van der Waals surface area contributed by atoms with Crippen molar-refractivity contribution in [1.82, 2.24) is 9.55 Å².